The summed E-state index contributed by atoms with van der Waals surface area (Å²) in [6.07, 6.45) is 4.10. The smallest absolute Gasteiger partial charge is 0.423 e. The van der Waals surface area contributed by atoms with Gasteiger partial charge in [-0.2, -0.15) is 0 Å². The molecule has 0 unspecified atom stereocenters. The number of hydrogen-bond acceptors (Lipinski definition) is 2. The highest BCUT2D eigenvalue weighted by molar-refractivity contribution is 6.59. The van der Waals surface area contributed by atoms with Gasteiger partial charge in [0.1, 0.15) is 0 Å². The van der Waals surface area contributed by atoms with Gasteiger partial charge in [0.25, 0.3) is 0 Å². The lowest BCUT2D eigenvalue weighted by Gasteiger charge is -2.10. The molecule has 1 aromatic rings. The Balaban J connectivity index is 2.97. The van der Waals surface area contributed by atoms with Crippen LogP contribution in [0.1, 0.15) is 37.8 Å². The van der Waals surface area contributed by atoms with Crippen molar-refractivity contribution in [3.63, 3.8) is 0 Å². The number of hydrogen-bond donors (Lipinski definition) is 2. The predicted octanol–water partition coefficient (Wildman–Crippen LogP) is 1.27. The lowest BCUT2D eigenvalue weighted by Crippen LogP contribution is -2.33. The van der Waals surface area contributed by atoms with E-state index in [0.29, 0.717) is 5.46 Å². The van der Waals surface area contributed by atoms with Gasteiger partial charge in [-0.25, -0.2) is 0 Å². The maximum absolute atomic E-state index is 9.21. The topological polar surface area (TPSA) is 40.5 Å². The summed E-state index contributed by atoms with van der Waals surface area (Å²) in [5.74, 6) is 0. The minimum Gasteiger partial charge on any atom is -0.423 e. The minimum absolute atomic E-state index is 0.650. The molecule has 0 aliphatic rings. The summed E-state index contributed by atoms with van der Waals surface area (Å²) in [5.41, 5.74) is 3.00. The zero-order valence-electron chi connectivity index (χ0n) is 9.53. The minimum atomic E-state index is -1.35. The van der Waals surface area contributed by atoms with Crippen LogP contribution in [0.5, 0.6) is 0 Å². The molecule has 0 atom stereocenters. The third kappa shape index (κ3) is 3.36. The van der Waals surface area contributed by atoms with Gasteiger partial charge in [-0.15, -0.1) is 0 Å². The molecule has 0 saturated carbocycles. The van der Waals surface area contributed by atoms with Gasteiger partial charge in [-0.1, -0.05) is 44.9 Å². The molecule has 0 fully saturated rings. The Labute approximate surface area is 92.1 Å². The van der Waals surface area contributed by atoms with Crippen LogP contribution in [0.2, 0.25) is 0 Å². The summed E-state index contributed by atoms with van der Waals surface area (Å²) in [6, 6.07) is 5.92. The summed E-state index contributed by atoms with van der Waals surface area (Å²) in [4.78, 5) is 0. The Bertz CT molecular complexity index is 310. The first-order valence-corrected chi connectivity index (χ1v) is 5.66. The molecule has 0 amide bonds. The van der Waals surface area contributed by atoms with E-state index in [-0.39, 0.29) is 0 Å². The maximum atomic E-state index is 9.21. The molecule has 0 aliphatic heterocycles. The molecule has 2 nitrogen and oxygen atoms in total. The van der Waals surface area contributed by atoms with Crippen molar-refractivity contribution in [2.75, 3.05) is 0 Å². The van der Waals surface area contributed by atoms with Crippen LogP contribution in [0.25, 0.3) is 0 Å². The molecule has 15 heavy (non-hydrogen) atoms. The second kappa shape index (κ2) is 5.94. The number of aryl methyl sites for hydroxylation is 2. The second-order valence-electron chi connectivity index (χ2n) is 3.91. The molecule has 0 aromatic heterocycles. The monoisotopic (exact) mass is 206 g/mol. The van der Waals surface area contributed by atoms with E-state index in [9.17, 15) is 10.0 Å². The highest BCUT2D eigenvalue weighted by atomic mass is 16.4. The normalized spacial score (nSPS) is 10.4. The molecule has 3 heteroatoms. The van der Waals surface area contributed by atoms with Crippen molar-refractivity contribution >= 4 is 12.6 Å². The average molecular weight is 206 g/mol. The molecule has 0 spiro atoms. The van der Waals surface area contributed by atoms with E-state index >= 15 is 0 Å². The third-order valence-electron chi connectivity index (χ3n) is 2.54. The first kappa shape index (κ1) is 12.3. The van der Waals surface area contributed by atoms with Gasteiger partial charge in [0, 0.05) is 0 Å². The van der Waals surface area contributed by atoms with Crippen LogP contribution >= 0.6 is 0 Å². The molecule has 1 rings (SSSR count). The van der Waals surface area contributed by atoms with Crippen LogP contribution in [0, 0.1) is 0 Å². The number of rotatable bonds is 5. The standard InChI is InChI=1S/C12H19BO2/c1-3-5-10-7-8-12(13(14)15)11(9-10)6-4-2/h7-9,14-15H,3-6H2,1-2H3. The van der Waals surface area contributed by atoms with Crippen LogP contribution in [0.15, 0.2) is 18.2 Å². The van der Waals surface area contributed by atoms with Gasteiger partial charge in [0.05, 0.1) is 0 Å². The summed E-state index contributed by atoms with van der Waals surface area (Å²) in [7, 11) is -1.35. The summed E-state index contributed by atoms with van der Waals surface area (Å²) < 4.78 is 0. The first-order valence-electron chi connectivity index (χ1n) is 5.66. The molecule has 82 valence electrons. The molecule has 0 aliphatic carbocycles. The summed E-state index contributed by atoms with van der Waals surface area (Å²) in [6.45, 7) is 4.24. The van der Waals surface area contributed by atoms with E-state index in [2.05, 4.69) is 19.9 Å². The average Bonchev–Trinajstić information content (AvgIpc) is 2.18. The Morgan fingerprint density at radius 1 is 1.07 bits per heavy atom. The molecule has 0 heterocycles. The fourth-order valence-electron chi connectivity index (χ4n) is 1.84. The highest BCUT2D eigenvalue weighted by Crippen LogP contribution is 2.08. The fourth-order valence-corrected chi connectivity index (χ4v) is 1.84. The summed E-state index contributed by atoms with van der Waals surface area (Å²) in [5, 5.41) is 18.4. The second-order valence-corrected chi connectivity index (χ2v) is 3.91. The largest absolute Gasteiger partial charge is 0.488 e. The van der Waals surface area contributed by atoms with Gasteiger partial charge in [-0.05, 0) is 29.4 Å². The van der Waals surface area contributed by atoms with Gasteiger partial charge in [0.15, 0.2) is 0 Å². The quantitative estimate of drug-likeness (QED) is 0.712. The maximum Gasteiger partial charge on any atom is 0.488 e. The van der Waals surface area contributed by atoms with E-state index < -0.39 is 7.12 Å². The van der Waals surface area contributed by atoms with Crippen LogP contribution in [0.3, 0.4) is 0 Å². The van der Waals surface area contributed by atoms with Gasteiger partial charge >= 0.3 is 7.12 Å². The SMILES string of the molecule is CCCc1ccc(B(O)O)c(CCC)c1. The van der Waals surface area contributed by atoms with Crippen LogP contribution in [0.4, 0.5) is 0 Å². The molecule has 0 saturated heterocycles. The Morgan fingerprint density at radius 3 is 2.27 bits per heavy atom. The zero-order valence-corrected chi connectivity index (χ0v) is 9.53. The molecule has 1 aromatic carbocycles. The van der Waals surface area contributed by atoms with Crippen molar-refractivity contribution in [1.29, 1.82) is 0 Å². The molecule has 2 N–H and O–H groups in total. The molecular weight excluding hydrogens is 187 g/mol. The van der Waals surface area contributed by atoms with Crippen molar-refractivity contribution in [3.05, 3.63) is 29.3 Å². The van der Waals surface area contributed by atoms with E-state index in [1.54, 1.807) is 0 Å². The summed E-state index contributed by atoms with van der Waals surface area (Å²) >= 11 is 0. The molecule has 0 radical (unpaired) electrons. The first-order chi connectivity index (χ1) is 7.19. The van der Waals surface area contributed by atoms with Crippen molar-refractivity contribution in [3.8, 4) is 0 Å². The highest BCUT2D eigenvalue weighted by Gasteiger charge is 2.15. The van der Waals surface area contributed by atoms with Crippen molar-refractivity contribution in [2.24, 2.45) is 0 Å². The third-order valence-corrected chi connectivity index (χ3v) is 2.54. The van der Waals surface area contributed by atoms with E-state index in [0.717, 1.165) is 31.2 Å². The van der Waals surface area contributed by atoms with E-state index in [1.807, 2.05) is 12.1 Å². The lowest BCUT2D eigenvalue weighted by atomic mass is 9.75. The van der Waals surface area contributed by atoms with Crippen molar-refractivity contribution in [2.45, 2.75) is 39.5 Å². The van der Waals surface area contributed by atoms with Gasteiger partial charge in [-0.3, -0.25) is 0 Å². The van der Waals surface area contributed by atoms with E-state index in [4.69, 9.17) is 0 Å². The van der Waals surface area contributed by atoms with Crippen molar-refractivity contribution < 1.29 is 10.0 Å². The zero-order chi connectivity index (χ0) is 11.3. The van der Waals surface area contributed by atoms with Gasteiger partial charge < -0.3 is 10.0 Å². The van der Waals surface area contributed by atoms with Crippen LogP contribution < -0.4 is 5.46 Å². The van der Waals surface area contributed by atoms with Crippen LogP contribution in [-0.4, -0.2) is 17.2 Å². The van der Waals surface area contributed by atoms with Gasteiger partial charge in [0.2, 0.25) is 0 Å². The molecular formula is C12H19BO2. The van der Waals surface area contributed by atoms with E-state index in [1.165, 1.54) is 5.56 Å². The fraction of sp³-hybridized carbons (Fsp3) is 0.500. The lowest BCUT2D eigenvalue weighted by molar-refractivity contribution is 0.425. The van der Waals surface area contributed by atoms with Crippen LogP contribution in [-0.2, 0) is 12.8 Å². The predicted molar refractivity (Wildman–Crippen MR) is 64.3 cm³/mol. The Hall–Kier alpha value is -0.795. The Morgan fingerprint density at radius 2 is 1.73 bits per heavy atom. The number of benzene rings is 1. The molecule has 0 bridgehead atoms. The van der Waals surface area contributed by atoms with Crippen molar-refractivity contribution in [1.82, 2.24) is 0 Å². The Kier molecular flexibility index (Phi) is 4.86.